The van der Waals surface area contributed by atoms with E-state index in [2.05, 4.69) is 15.4 Å². The van der Waals surface area contributed by atoms with Crippen molar-refractivity contribution in [3.05, 3.63) is 48.0 Å². The lowest BCUT2D eigenvalue weighted by atomic mass is 10.0. The van der Waals surface area contributed by atoms with Gasteiger partial charge in [-0.25, -0.2) is 9.59 Å². The van der Waals surface area contributed by atoms with Crippen LogP contribution in [0.25, 0.3) is 0 Å². The number of methoxy groups -OCH3 is 1. The summed E-state index contributed by atoms with van der Waals surface area (Å²) < 4.78 is 9.90. The van der Waals surface area contributed by atoms with Crippen LogP contribution in [-0.4, -0.2) is 42.8 Å². The summed E-state index contributed by atoms with van der Waals surface area (Å²) in [6, 6.07) is 8.74. The fourth-order valence-electron chi connectivity index (χ4n) is 2.74. The Morgan fingerprint density at radius 2 is 1.77 bits per heavy atom. The Bertz CT molecular complexity index is 721. The smallest absolute Gasteiger partial charge is 0.408 e. The Hall–Kier alpha value is -2.83. The van der Waals surface area contributed by atoms with E-state index in [1.54, 1.807) is 26.8 Å². The van der Waals surface area contributed by atoms with Crippen LogP contribution in [0.2, 0.25) is 0 Å². The second-order valence-electron chi connectivity index (χ2n) is 8.01. The van der Waals surface area contributed by atoms with Gasteiger partial charge in [-0.15, -0.1) is 0 Å². The van der Waals surface area contributed by atoms with Gasteiger partial charge in [-0.1, -0.05) is 49.8 Å². The molecule has 0 unspecified atom stereocenters. The van der Waals surface area contributed by atoms with Crippen molar-refractivity contribution in [1.82, 2.24) is 10.6 Å². The van der Waals surface area contributed by atoms with Gasteiger partial charge in [0.25, 0.3) is 0 Å². The van der Waals surface area contributed by atoms with Gasteiger partial charge in [0.15, 0.2) is 0 Å². The van der Waals surface area contributed by atoms with Crippen molar-refractivity contribution < 1.29 is 26.7 Å². The number of esters is 1. The summed E-state index contributed by atoms with van der Waals surface area (Å²) in [6.07, 6.45) is 4.76. The first-order valence-electron chi connectivity index (χ1n) is 10.2. The van der Waals surface area contributed by atoms with Crippen molar-refractivity contribution in [2.75, 3.05) is 7.11 Å². The minimum atomic E-state index is -0.726. The molecule has 1 aromatic carbocycles. The van der Waals surface area contributed by atoms with Crippen LogP contribution >= 0.6 is 0 Å². The highest BCUT2D eigenvalue weighted by atomic mass is 16.6. The first kappa shape index (κ1) is 25.2. The number of amides is 2. The Morgan fingerprint density at radius 1 is 1.10 bits per heavy atom. The molecule has 0 heterocycles. The van der Waals surface area contributed by atoms with Crippen molar-refractivity contribution in [3.63, 3.8) is 0 Å². The first-order valence-corrected chi connectivity index (χ1v) is 10.2. The molecule has 2 amide bonds. The van der Waals surface area contributed by atoms with Crippen molar-refractivity contribution in [2.24, 2.45) is 0 Å². The molecule has 1 aromatic rings. The Morgan fingerprint density at radius 3 is 2.33 bits per heavy atom. The van der Waals surface area contributed by atoms with E-state index in [0.717, 1.165) is 12.0 Å². The van der Waals surface area contributed by atoms with E-state index in [0.29, 0.717) is 19.3 Å². The lowest BCUT2D eigenvalue weighted by molar-refractivity contribution is -0.135. The maximum atomic E-state index is 12.8. The highest BCUT2D eigenvalue weighted by molar-refractivity contribution is 5.86. The second-order valence-corrected chi connectivity index (χ2v) is 8.01. The third-order valence-electron chi connectivity index (χ3n) is 4.17. The molecule has 0 bridgehead atoms. The molecule has 2 atom stereocenters. The Balaban J connectivity index is 0. The van der Waals surface area contributed by atoms with Gasteiger partial charge in [-0.2, -0.15) is 0 Å². The highest BCUT2D eigenvalue weighted by Gasteiger charge is 2.25. The molecule has 0 aliphatic heterocycles. The van der Waals surface area contributed by atoms with E-state index in [4.69, 9.17) is 4.74 Å². The van der Waals surface area contributed by atoms with Gasteiger partial charge in [0.1, 0.15) is 11.6 Å². The van der Waals surface area contributed by atoms with Crippen molar-refractivity contribution in [3.8, 4) is 0 Å². The van der Waals surface area contributed by atoms with Gasteiger partial charge < -0.3 is 20.1 Å². The summed E-state index contributed by atoms with van der Waals surface area (Å²) >= 11 is 0. The molecule has 170 valence electrons. The predicted molar refractivity (Wildman–Crippen MR) is 120 cm³/mol. The van der Waals surface area contributed by atoms with E-state index in [9.17, 15) is 14.4 Å². The molecule has 7 heteroatoms. The number of nitrogens with one attached hydrogen (secondary N) is 2. The lowest BCUT2D eigenvalue weighted by Crippen LogP contribution is -2.50. The number of hydrogen-bond acceptors (Lipinski definition) is 5. The number of alkyl carbamates (subject to hydrolysis) is 1. The van der Waals surface area contributed by atoms with E-state index in [1.165, 1.54) is 13.2 Å². The summed E-state index contributed by atoms with van der Waals surface area (Å²) in [4.78, 5) is 36.4. The number of carbonyl (C=O) groups is 3. The number of hydrogen-bond donors (Lipinski definition) is 2. The third-order valence-corrected chi connectivity index (χ3v) is 4.17. The zero-order valence-corrected chi connectivity index (χ0v) is 18.6. The number of ether oxygens (including phenoxy) is 2. The maximum Gasteiger partial charge on any atom is 0.408 e. The lowest BCUT2D eigenvalue weighted by Gasteiger charge is -2.24. The van der Waals surface area contributed by atoms with Crippen LogP contribution in [0.4, 0.5) is 4.79 Å². The SMILES string of the molecule is CCC[C@H](NC(=O)OC(C)(C)C)C(=O)N[C@H](/C=C/C(=O)OC)CCc1ccccc1.[HH].[HH]. The molecular formula is C23H38N2O5. The van der Waals surface area contributed by atoms with Crippen LogP contribution in [-0.2, 0) is 25.5 Å². The molecular weight excluding hydrogens is 384 g/mol. The van der Waals surface area contributed by atoms with Crippen LogP contribution in [0, 0.1) is 0 Å². The summed E-state index contributed by atoms with van der Waals surface area (Å²) in [5.74, 6) is -0.818. The van der Waals surface area contributed by atoms with Crippen molar-refractivity contribution in [1.29, 1.82) is 0 Å². The molecule has 0 fully saturated rings. The topological polar surface area (TPSA) is 93.7 Å². The van der Waals surface area contributed by atoms with Crippen molar-refractivity contribution in [2.45, 2.75) is 71.1 Å². The first-order chi connectivity index (χ1) is 14.1. The van der Waals surface area contributed by atoms with Crippen LogP contribution in [0.15, 0.2) is 42.5 Å². The molecule has 0 aromatic heterocycles. The monoisotopic (exact) mass is 422 g/mol. The van der Waals surface area contributed by atoms with Gasteiger partial charge >= 0.3 is 12.1 Å². The summed E-state index contributed by atoms with van der Waals surface area (Å²) in [6.45, 7) is 7.22. The van der Waals surface area contributed by atoms with E-state index in [-0.39, 0.29) is 8.76 Å². The fraction of sp³-hybridized carbons (Fsp3) is 0.522. The largest absolute Gasteiger partial charge is 0.466 e. The zero-order chi connectivity index (χ0) is 22.6. The quantitative estimate of drug-likeness (QED) is 0.439. The van der Waals surface area contributed by atoms with Crippen molar-refractivity contribution >= 4 is 18.0 Å². The normalized spacial score (nSPS) is 13.4. The summed E-state index contributed by atoms with van der Waals surface area (Å²) in [5.41, 5.74) is 0.471. The Kier molecular flexibility index (Phi) is 10.6. The van der Waals surface area contributed by atoms with E-state index in [1.807, 2.05) is 37.3 Å². The average Bonchev–Trinajstić information content (AvgIpc) is 2.68. The number of carbonyl (C=O) groups excluding carboxylic acids is 3. The molecule has 1 rings (SSSR count). The number of benzene rings is 1. The van der Waals surface area contributed by atoms with Crippen LogP contribution < -0.4 is 10.6 Å². The van der Waals surface area contributed by atoms with E-state index >= 15 is 0 Å². The molecule has 7 nitrogen and oxygen atoms in total. The average molecular weight is 423 g/mol. The molecule has 0 radical (unpaired) electrons. The van der Waals surface area contributed by atoms with Gasteiger partial charge in [0, 0.05) is 15.0 Å². The fourth-order valence-corrected chi connectivity index (χ4v) is 2.74. The molecule has 0 aliphatic rings. The number of rotatable bonds is 10. The van der Waals surface area contributed by atoms with Crippen LogP contribution in [0.3, 0.4) is 0 Å². The van der Waals surface area contributed by atoms with Gasteiger partial charge in [0.2, 0.25) is 5.91 Å². The van der Waals surface area contributed by atoms with E-state index < -0.39 is 29.7 Å². The zero-order valence-electron chi connectivity index (χ0n) is 18.6. The minimum absolute atomic E-state index is 0. The molecule has 0 spiro atoms. The minimum Gasteiger partial charge on any atom is -0.466 e. The molecule has 30 heavy (non-hydrogen) atoms. The second kappa shape index (κ2) is 12.7. The van der Waals surface area contributed by atoms with Gasteiger partial charge in [-0.05, 0) is 45.6 Å². The third kappa shape index (κ3) is 10.6. The molecule has 0 aliphatic carbocycles. The molecule has 2 N–H and O–H groups in total. The van der Waals surface area contributed by atoms with Crippen LogP contribution in [0.5, 0.6) is 0 Å². The summed E-state index contributed by atoms with van der Waals surface area (Å²) in [5, 5.41) is 5.56. The maximum absolute atomic E-state index is 12.8. The van der Waals surface area contributed by atoms with Gasteiger partial charge in [0.05, 0.1) is 7.11 Å². The number of aryl methyl sites for hydroxylation is 1. The standard InChI is InChI=1S/C23H34N2O5.2H2/c1-6-10-19(25-22(28)30-23(2,3)4)21(27)24-18(15-16-20(26)29-5)14-13-17-11-8-7-9-12-17;;/h7-9,11-12,15-16,18-19H,6,10,13-14H2,1-5H3,(H,24,27)(H,25,28);2*1H/b16-15+;;/t18-,19-;;/m0../s1. The highest BCUT2D eigenvalue weighted by Crippen LogP contribution is 2.10. The van der Waals surface area contributed by atoms with Crippen LogP contribution in [0.1, 0.15) is 55.4 Å². The molecule has 0 saturated carbocycles. The predicted octanol–water partition coefficient (Wildman–Crippen LogP) is 4.02. The van der Waals surface area contributed by atoms with Gasteiger partial charge in [-0.3, -0.25) is 4.79 Å². The molecule has 0 saturated heterocycles. The summed E-state index contributed by atoms with van der Waals surface area (Å²) in [7, 11) is 1.30. The Labute approximate surface area is 182 Å².